The number of nitrogens with one attached hydrogen (secondary N) is 1. The number of halogens is 1. The van der Waals surface area contributed by atoms with Gasteiger partial charge < -0.3 is 19.5 Å². The molecular formula is C31H26FN3O7. The van der Waals surface area contributed by atoms with E-state index in [0.717, 1.165) is 11.5 Å². The Hall–Kier alpha value is -5.16. The number of hydrogen-bond donors (Lipinski definition) is 1. The maximum atomic E-state index is 16.5. The van der Waals surface area contributed by atoms with Crippen LogP contribution in [0.1, 0.15) is 44.2 Å². The van der Waals surface area contributed by atoms with Gasteiger partial charge in [-0.05, 0) is 49.4 Å². The minimum atomic E-state index is -2.46. The number of rotatable bonds is 8. The number of esters is 2. The molecule has 1 aliphatic heterocycles. The van der Waals surface area contributed by atoms with Crippen molar-refractivity contribution in [2.45, 2.75) is 31.0 Å². The van der Waals surface area contributed by atoms with E-state index in [1.165, 1.54) is 24.4 Å². The second-order valence-corrected chi connectivity index (χ2v) is 9.66. The molecule has 42 heavy (non-hydrogen) atoms. The Bertz CT molecular complexity index is 1630. The van der Waals surface area contributed by atoms with E-state index < -0.39 is 54.2 Å². The first-order valence-electron chi connectivity index (χ1n) is 13.0. The lowest BCUT2D eigenvalue weighted by atomic mass is 9.98. The summed E-state index contributed by atoms with van der Waals surface area (Å²) in [7, 11) is 0. The summed E-state index contributed by atoms with van der Waals surface area (Å²) in [5, 5.41) is 2.52. The molecule has 1 aromatic heterocycles. The first-order chi connectivity index (χ1) is 20.2. The number of aromatic nitrogens is 2. The predicted molar refractivity (Wildman–Crippen MR) is 149 cm³/mol. The number of carbonyl (C=O) groups is 3. The highest BCUT2D eigenvalue weighted by Crippen LogP contribution is 2.43. The Morgan fingerprint density at radius 3 is 2.00 bits per heavy atom. The average Bonchev–Trinajstić information content (AvgIpc) is 3.25. The van der Waals surface area contributed by atoms with Gasteiger partial charge in [-0.1, -0.05) is 54.6 Å². The molecule has 0 aliphatic carbocycles. The first-order valence-corrected chi connectivity index (χ1v) is 13.0. The molecule has 4 aromatic rings. The van der Waals surface area contributed by atoms with E-state index in [4.69, 9.17) is 14.2 Å². The van der Waals surface area contributed by atoms with E-state index in [0.29, 0.717) is 5.56 Å². The van der Waals surface area contributed by atoms with Gasteiger partial charge in [0, 0.05) is 11.8 Å². The number of ether oxygens (including phenoxy) is 3. The number of benzene rings is 3. The van der Waals surface area contributed by atoms with E-state index in [2.05, 4.69) is 10.3 Å². The van der Waals surface area contributed by atoms with Crippen LogP contribution in [0.3, 0.4) is 0 Å². The molecule has 1 fully saturated rings. The third kappa shape index (κ3) is 6.11. The molecule has 0 saturated carbocycles. The fourth-order valence-corrected chi connectivity index (χ4v) is 4.54. The topological polar surface area (TPSA) is 126 Å². The van der Waals surface area contributed by atoms with Crippen molar-refractivity contribution in [1.82, 2.24) is 9.55 Å². The molecule has 3 aromatic carbocycles. The fraction of sp³-hybridized carbons (Fsp3) is 0.194. The lowest BCUT2D eigenvalue weighted by Gasteiger charge is -2.27. The Labute approximate surface area is 239 Å². The number of nitrogens with zero attached hydrogens (tertiary/aromatic N) is 2. The van der Waals surface area contributed by atoms with Crippen molar-refractivity contribution in [2.75, 3.05) is 11.9 Å². The van der Waals surface area contributed by atoms with Gasteiger partial charge in [-0.25, -0.2) is 18.8 Å². The summed E-state index contributed by atoms with van der Waals surface area (Å²) in [4.78, 5) is 54.8. The van der Waals surface area contributed by atoms with Crippen LogP contribution in [0.25, 0.3) is 0 Å². The summed E-state index contributed by atoms with van der Waals surface area (Å²) in [6.45, 7) is 0.654. The molecule has 5 rings (SSSR count). The number of anilines is 1. The summed E-state index contributed by atoms with van der Waals surface area (Å²) < 4.78 is 34.2. The van der Waals surface area contributed by atoms with E-state index >= 15 is 4.39 Å². The van der Waals surface area contributed by atoms with Gasteiger partial charge in [0.1, 0.15) is 18.5 Å². The minimum absolute atomic E-state index is 0.0518. The van der Waals surface area contributed by atoms with E-state index in [1.54, 1.807) is 78.9 Å². The average molecular weight is 572 g/mol. The van der Waals surface area contributed by atoms with Crippen LogP contribution in [0, 0.1) is 0 Å². The van der Waals surface area contributed by atoms with Crippen molar-refractivity contribution in [3.05, 3.63) is 130 Å². The molecule has 0 unspecified atom stereocenters. The summed E-state index contributed by atoms with van der Waals surface area (Å²) >= 11 is 0. The van der Waals surface area contributed by atoms with Crippen molar-refractivity contribution in [1.29, 1.82) is 0 Å². The molecule has 2 heterocycles. The first kappa shape index (κ1) is 28.4. The van der Waals surface area contributed by atoms with Gasteiger partial charge in [0.25, 0.3) is 5.91 Å². The molecule has 1 amide bonds. The van der Waals surface area contributed by atoms with Crippen LogP contribution in [-0.2, 0) is 14.2 Å². The molecule has 10 nitrogen and oxygen atoms in total. The van der Waals surface area contributed by atoms with Crippen LogP contribution in [0.15, 0.2) is 108 Å². The summed E-state index contributed by atoms with van der Waals surface area (Å²) in [5.41, 5.74) is -2.59. The standard InChI is InChI=1S/C31H26FN3O7/c1-31(32)25(42-28(38)22-15-9-4-10-16-22)23(19-40-27(37)21-13-7-3-8-14-21)41-29(31)35-18-17-24(34-30(35)39)33-26(36)20-11-5-2-6-12-20/h2-18,23,25,29H,19H2,1H3,(H,33,34,36,39)/t23-,25+,29+,31-/m1/s1. The van der Waals surface area contributed by atoms with Gasteiger partial charge in [0.05, 0.1) is 11.1 Å². The quantitative estimate of drug-likeness (QED) is 0.312. The van der Waals surface area contributed by atoms with Crippen molar-refractivity contribution >= 4 is 23.7 Å². The smallest absolute Gasteiger partial charge is 0.351 e. The summed E-state index contributed by atoms with van der Waals surface area (Å²) in [5.74, 6) is -2.05. The zero-order valence-electron chi connectivity index (χ0n) is 22.4. The Morgan fingerprint density at radius 1 is 0.881 bits per heavy atom. The van der Waals surface area contributed by atoms with Crippen LogP contribution in [0.2, 0.25) is 0 Å². The van der Waals surface area contributed by atoms with Crippen molar-refractivity contribution in [3.63, 3.8) is 0 Å². The normalized spacial score (nSPS) is 21.3. The van der Waals surface area contributed by atoms with Crippen LogP contribution in [0.4, 0.5) is 10.2 Å². The van der Waals surface area contributed by atoms with Crippen LogP contribution < -0.4 is 11.0 Å². The molecule has 0 spiro atoms. The van der Waals surface area contributed by atoms with Crippen molar-refractivity contribution in [2.24, 2.45) is 0 Å². The molecule has 214 valence electrons. The largest absolute Gasteiger partial charge is 0.459 e. The number of carbonyl (C=O) groups excluding carboxylic acids is 3. The highest BCUT2D eigenvalue weighted by Gasteiger charge is 2.58. The maximum Gasteiger partial charge on any atom is 0.351 e. The maximum absolute atomic E-state index is 16.5. The highest BCUT2D eigenvalue weighted by atomic mass is 19.1. The zero-order valence-corrected chi connectivity index (χ0v) is 22.4. The summed E-state index contributed by atoms with van der Waals surface area (Å²) in [6, 6.07) is 25.8. The van der Waals surface area contributed by atoms with Gasteiger partial charge in [0.2, 0.25) is 0 Å². The third-order valence-electron chi connectivity index (χ3n) is 6.67. The fourth-order valence-electron chi connectivity index (χ4n) is 4.54. The van der Waals surface area contributed by atoms with Gasteiger partial charge in [-0.3, -0.25) is 9.36 Å². The Balaban J connectivity index is 1.39. The molecule has 1 N–H and O–H groups in total. The number of amides is 1. The monoisotopic (exact) mass is 571 g/mol. The molecule has 0 radical (unpaired) electrons. The lowest BCUT2D eigenvalue weighted by molar-refractivity contribution is -0.0648. The molecule has 0 bridgehead atoms. The van der Waals surface area contributed by atoms with E-state index in [1.807, 2.05) is 0 Å². The van der Waals surface area contributed by atoms with Crippen LogP contribution in [0.5, 0.6) is 0 Å². The van der Waals surface area contributed by atoms with Crippen molar-refractivity contribution in [3.8, 4) is 0 Å². The second-order valence-electron chi connectivity index (χ2n) is 9.66. The molecule has 1 aliphatic rings. The molecule has 4 atom stereocenters. The second kappa shape index (κ2) is 12.1. The summed E-state index contributed by atoms with van der Waals surface area (Å²) in [6.07, 6.45) is -3.23. The van der Waals surface area contributed by atoms with Crippen LogP contribution >= 0.6 is 0 Å². The van der Waals surface area contributed by atoms with Gasteiger partial charge >= 0.3 is 17.6 Å². The molecular weight excluding hydrogens is 545 g/mol. The third-order valence-corrected chi connectivity index (χ3v) is 6.67. The van der Waals surface area contributed by atoms with Gasteiger partial charge in [0.15, 0.2) is 18.0 Å². The van der Waals surface area contributed by atoms with Crippen LogP contribution in [-0.4, -0.2) is 51.9 Å². The van der Waals surface area contributed by atoms with Gasteiger partial charge in [-0.15, -0.1) is 0 Å². The van der Waals surface area contributed by atoms with E-state index in [-0.39, 0.29) is 16.9 Å². The molecule has 1 saturated heterocycles. The van der Waals surface area contributed by atoms with Gasteiger partial charge in [-0.2, -0.15) is 4.98 Å². The predicted octanol–water partition coefficient (Wildman–Crippen LogP) is 4.20. The molecule has 11 heteroatoms. The highest BCUT2D eigenvalue weighted by molar-refractivity contribution is 6.03. The van der Waals surface area contributed by atoms with E-state index in [9.17, 15) is 19.2 Å². The Kier molecular flexibility index (Phi) is 8.21. The lowest BCUT2D eigenvalue weighted by Crippen LogP contribution is -2.45. The number of alkyl halides is 1. The Morgan fingerprint density at radius 2 is 1.43 bits per heavy atom. The minimum Gasteiger partial charge on any atom is -0.459 e. The number of hydrogen-bond acceptors (Lipinski definition) is 8. The van der Waals surface area contributed by atoms with Crippen molar-refractivity contribution < 1.29 is 33.0 Å². The SMILES string of the molecule is C[C@]1(F)[C@@H](n2ccc(NC(=O)c3ccccc3)nc2=O)O[C@H](COC(=O)c2ccccc2)[C@@H]1OC(=O)c1ccccc1. The zero-order chi connectivity index (χ0) is 29.7.